The Morgan fingerprint density at radius 1 is 1.00 bits per heavy atom. The van der Waals surface area contributed by atoms with Gasteiger partial charge in [-0.05, 0) is 28.7 Å². The second-order valence-corrected chi connectivity index (χ2v) is 10.00. The summed E-state index contributed by atoms with van der Waals surface area (Å²) in [4.78, 5) is 16.8. The molecule has 144 valence electrons. The van der Waals surface area contributed by atoms with E-state index < -0.39 is 9.84 Å². The van der Waals surface area contributed by atoms with E-state index >= 15 is 0 Å². The first-order valence-corrected chi connectivity index (χ1v) is 11.5. The van der Waals surface area contributed by atoms with Gasteiger partial charge >= 0.3 is 0 Å². The predicted molar refractivity (Wildman–Crippen MR) is 107 cm³/mol. The summed E-state index contributed by atoms with van der Waals surface area (Å²) in [7, 11) is -2.91. The fourth-order valence-corrected chi connectivity index (χ4v) is 6.10. The second kappa shape index (κ2) is 7.60. The van der Waals surface area contributed by atoms with Crippen LogP contribution in [0.4, 0.5) is 0 Å². The highest BCUT2D eigenvalue weighted by Crippen LogP contribution is 2.23. The second-order valence-electron chi connectivity index (χ2n) is 7.77. The van der Waals surface area contributed by atoms with Crippen LogP contribution in [0, 0.1) is 5.92 Å². The standard InChI is InChI=1S/C21H26N2O3S/c24-21(14-17-8-13-27(25,26)16-17)23-11-9-22(10-12-23)15-19-6-3-5-18-4-1-2-7-20(18)19/h1-7,17H,8-16H2/t17-/m0/s1. The number of hydrogen-bond donors (Lipinski definition) is 0. The van der Waals surface area contributed by atoms with Gasteiger partial charge < -0.3 is 4.90 Å². The molecule has 27 heavy (non-hydrogen) atoms. The molecular formula is C21H26N2O3S. The molecule has 0 radical (unpaired) electrons. The van der Waals surface area contributed by atoms with E-state index in [9.17, 15) is 13.2 Å². The maximum absolute atomic E-state index is 12.5. The van der Waals surface area contributed by atoms with Crippen molar-refractivity contribution in [2.45, 2.75) is 19.4 Å². The molecule has 5 nitrogen and oxygen atoms in total. The number of amides is 1. The normalized spacial score (nSPS) is 23.0. The van der Waals surface area contributed by atoms with Gasteiger partial charge in [0, 0.05) is 39.1 Å². The molecule has 1 amide bonds. The molecule has 0 bridgehead atoms. The van der Waals surface area contributed by atoms with E-state index in [-0.39, 0.29) is 23.3 Å². The number of carbonyl (C=O) groups excluding carboxylic acids is 1. The molecule has 0 spiro atoms. The highest BCUT2D eigenvalue weighted by molar-refractivity contribution is 7.91. The Balaban J connectivity index is 1.32. The Morgan fingerprint density at radius 3 is 2.48 bits per heavy atom. The highest BCUT2D eigenvalue weighted by Gasteiger charge is 2.31. The monoisotopic (exact) mass is 386 g/mol. The van der Waals surface area contributed by atoms with Gasteiger partial charge in [-0.25, -0.2) is 8.42 Å². The van der Waals surface area contributed by atoms with Crippen LogP contribution in [0.2, 0.25) is 0 Å². The molecule has 0 aromatic heterocycles. The number of piperazine rings is 1. The van der Waals surface area contributed by atoms with Gasteiger partial charge in [-0.15, -0.1) is 0 Å². The maximum Gasteiger partial charge on any atom is 0.222 e. The number of hydrogen-bond acceptors (Lipinski definition) is 4. The average molecular weight is 387 g/mol. The molecule has 2 fully saturated rings. The van der Waals surface area contributed by atoms with Crippen molar-refractivity contribution in [3.63, 3.8) is 0 Å². The van der Waals surface area contributed by atoms with Crippen molar-refractivity contribution in [3.8, 4) is 0 Å². The minimum atomic E-state index is -2.91. The Bertz CT molecular complexity index is 928. The molecular weight excluding hydrogens is 360 g/mol. The number of sulfone groups is 1. The van der Waals surface area contributed by atoms with Crippen molar-refractivity contribution in [2.75, 3.05) is 37.7 Å². The quantitative estimate of drug-likeness (QED) is 0.809. The van der Waals surface area contributed by atoms with E-state index in [0.29, 0.717) is 12.8 Å². The number of benzene rings is 2. The van der Waals surface area contributed by atoms with Crippen LogP contribution in [-0.2, 0) is 21.2 Å². The van der Waals surface area contributed by atoms with Crippen LogP contribution < -0.4 is 0 Å². The van der Waals surface area contributed by atoms with Crippen LogP contribution in [0.5, 0.6) is 0 Å². The molecule has 4 rings (SSSR count). The first-order chi connectivity index (χ1) is 13.0. The molecule has 2 aromatic rings. The lowest BCUT2D eigenvalue weighted by Crippen LogP contribution is -2.48. The molecule has 2 aliphatic rings. The maximum atomic E-state index is 12.5. The van der Waals surface area contributed by atoms with Crippen molar-refractivity contribution in [2.24, 2.45) is 5.92 Å². The third kappa shape index (κ3) is 4.33. The van der Waals surface area contributed by atoms with Crippen molar-refractivity contribution >= 4 is 26.5 Å². The average Bonchev–Trinajstić information content (AvgIpc) is 3.01. The molecule has 6 heteroatoms. The zero-order valence-corrected chi connectivity index (χ0v) is 16.3. The summed E-state index contributed by atoms with van der Waals surface area (Å²) in [6.07, 6.45) is 1.01. The van der Waals surface area contributed by atoms with Crippen molar-refractivity contribution in [1.82, 2.24) is 9.80 Å². The third-order valence-electron chi connectivity index (χ3n) is 5.79. The topological polar surface area (TPSA) is 57.7 Å². The summed E-state index contributed by atoms with van der Waals surface area (Å²) >= 11 is 0. The third-order valence-corrected chi connectivity index (χ3v) is 7.63. The van der Waals surface area contributed by atoms with E-state index in [1.54, 1.807) is 0 Å². The molecule has 2 aromatic carbocycles. The van der Waals surface area contributed by atoms with Gasteiger partial charge in [0.15, 0.2) is 9.84 Å². The van der Waals surface area contributed by atoms with Gasteiger partial charge in [0.05, 0.1) is 11.5 Å². The van der Waals surface area contributed by atoms with E-state index in [1.807, 2.05) is 4.90 Å². The Labute approximate surface area is 160 Å². The van der Waals surface area contributed by atoms with Gasteiger partial charge in [0.1, 0.15) is 0 Å². The van der Waals surface area contributed by atoms with Gasteiger partial charge in [-0.2, -0.15) is 0 Å². The lowest BCUT2D eigenvalue weighted by Gasteiger charge is -2.35. The fraction of sp³-hybridized carbons (Fsp3) is 0.476. The van der Waals surface area contributed by atoms with Gasteiger partial charge in [0.25, 0.3) is 0 Å². The van der Waals surface area contributed by atoms with Crippen molar-refractivity contribution in [3.05, 3.63) is 48.0 Å². The molecule has 2 aliphatic heterocycles. The van der Waals surface area contributed by atoms with Crippen LogP contribution in [-0.4, -0.2) is 61.8 Å². The molecule has 2 heterocycles. The zero-order chi connectivity index (χ0) is 18.9. The number of nitrogens with zero attached hydrogens (tertiary/aromatic N) is 2. The summed E-state index contributed by atoms with van der Waals surface area (Å²) in [5.41, 5.74) is 1.32. The molecule has 0 unspecified atom stereocenters. The van der Waals surface area contributed by atoms with E-state index in [0.717, 1.165) is 32.7 Å². The smallest absolute Gasteiger partial charge is 0.222 e. The van der Waals surface area contributed by atoms with Crippen molar-refractivity contribution in [1.29, 1.82) is 0 Å². The SMILES string of the molecule is O=C(C[C@@H]1CCS(=O)(=O)C1)N1CCN(Cc2cccc3ccccc23)CC1. The lowest BCUT2D eigenvalue weighted by atomic mass is 10.0. The Morgan fingerprint density at radius 2 is 1.74 bits per heavy atom. The zero-order valence-electron chi connectivity index (χ0n) is 15.5. The van der Waals surface area contributed by atoms with Gasteiger partial charge in [0.2, 0.25) is 5.91 Å². The first kappa shape index (κ1) is 18.4. The largest absolute Gasteiger partial charge is 0.340 e. The molecule has 2 saturated heterocycles. The minimum absolute atomic E-state index is 0.0104. The summed E-state index contributed by atoms with van der Waals surface area (Å²) in [5, 5.41) is 2.55. The van der Waals surface area contributed by atoms with Crippen LogP contribution in [0.25, 0.3) is 10.8 Å². The number of fused-ring (bicyclic) bond motifs is 1. The summed E-state index contributed by atoms with van der Waals surface area (Å²) in [6.45, 7) is 4.06. The summed E-state index contributed by atoms with van der Waals surface area (Å²) in [6, 6.07) is 14.9. The lowest BCUT2D eigenvalue weighted by molar-refractivity contribution is -0.133. The number of carbonyl (C=O) groups is 1. The van der Waals surface area contributed by atoms with Crippen molar-refractivity contribution < 1.29 is 13.2 Å². The first-order valence-electron chi connectivity index (χ1n) is 9.67. The molecule has 0 aliphatic carbocycles. The van der Waals surface area contributed by atoms with Gasteiger partial charge in [-0.3, -0.25) is 9.69 Å². The summed E-state index contributed by atoms with van der Waals surface area (Å²) in [5.74, 6) is 0.543. The summed E-state index contributed by atoms with van der Waals surface area (Å²) < 4.78 is 23.2. The molecule has 0 N–H and O–H groups in total. The Hall–Kier alpha value is -1.92. The van der Waals surface area contributed by atoms with Crippen LogP contribution in [0.3, 0.4) is 0 Å². The van der Waals surface area contributed by atoms with Gasteiger partial charge in [-0.1, -0.05) is 42.5 Å². The molecule has 1 atom stereocenters. The van der Waals surface area contributed by atoms with E-state index in [1.165, 1.54) is 16.3 Å². The molecule has 0 saturated carbocycles. The van der Waals surface area contributed by atoms with E-state index in [2.05, 4.69) is 47.4 Å². The predicted octanol–water partition coefficient (Wildman–Crippen LogP) is 2.31. The fourth-order valence-electron chi connectivity index (χ4n) is 4.24. The van der Waals surface area contributed by atoms with Crippen LogP contribution in [0.15, 0.2) is 42.5 Å². The Kier molecular flexibility index (Phi) is 5.19. The highest BCUT2D eigenvalue weighted by atomic mass is 32.2. The van der Waals surface area contributed by atoms with Crippen LogP contribution in [0.1, 0.15) is 18.4 Å². The van der Waals surface area contributed by atoms with Crippen LogP contribution >= 0.6 is 0 Å². The number of rotatable bonds is 4. The van der Waals surface area contributed by atoms with E-state index in [4.69, 9.17) is 0 Å². The minimum Gasteiger partial charge on any atom is -0.340 e.